The van der Waals surface area contributed by atoms with E-state index in [4.69, 9.17) is 5.11 Å². The number of anilines is 1. The van der Waals surface area contributed by atoms with E-state index in [0.29, 0.717) is 19.5 Å². The first-order valence-electron chi connectivity index (χ1n) is 7.33. The van der Waals surface area contributed by atoms with Gasteiger partial charge in [0.25, 0.3) is 0 Å². The molecule has 20 heavy (non-hydrogen) atoms. The molecule has 0 radical (unpaired) electrons. The monoisotopic (exact) mass is 277 g/mol. The first kappa shape index (κ1) is 14.9. The van der Waals surface area contributed by atoms with Crippen molar-refractivity contribution < 1.29 is 15.0 Å². The molecule has 2 rings (SSSR count). The number of aliphatic carboxylic acids is 1. The average Bonchev–Trinajstić information content (AvgIpc) is 2.85. The Bertz CT molecular complexity index is 427. The molecule has 4 nitrogen and oxygen atoms in total. The predicted molar refractivity (Wildman–Crippen MR) is 78.9 cm³/mol. The van der Waals surface area contributed by atoms with Crippen molar-refractivity contribution >= 4 is 11.7 Å². The van der Waals surface area contributed by atoms with Gasteiger partial charge >= 0.3 is 5.97 Å². The Balaban J connectivity index is 2.01. The van der Waals surface area contributed by atoms with Crippen LogP contribution < -0.4 is 4.90 Å². The van der Waals surface area contributed by atoms with Crippen LogP contribution in [0.25, 0.3) is 0 Å². The van der Waals surface area contributed by atoms with Gasteiger partial charge in [-0.15, -0.1) is 0 Å². The lowest BCUT2D eigenvalue weighted by Crippen LogP contribution is -2.41. The fourth-order valence-electron chi connectivity index (χ4n) is 2.91. The molecule has 1 aliphatic rings. The lowest BCUT2D eigenvalue weighted by atomic mass is 10.0. The molecule has 0 saturated heterocycles. The summed E-state index contributed by atoms with van der Waals surface area (Å²) in [6.45, 7) is 1.26. The van der Waals surface area contributed by atoms with E-state index < -0.39 is 11.6 Å². The van der Waals surface area contributed by atoms with Crippen LogP contribution in [0.5, 0.6) is 0 Å². The average molecular weight is 277 g/mol. The highest BCUT2D eigenvalue weighted by molar-refractivity contribution is 5.66. The van der Waals surface area contributed by atoms with Gasteiger partial charge in [-0.3, -0.25) is 4.79 Å². The second kappa shape index (κ2) is 6.75. The SMILES string of the molecule is O=C(O)CCCN(CC1(O)CCCC1)c1ccccc1. The zero-order valence-electron chi connectivity index (χ0n) is 11.8. The van der Waals surface area contributed by atoms with Crippen LogP contribution in [0.15, 0.2) is 30.3 Å². The number of para-hydroxylation sites is 1. The van der Waals surface area contributed by atoms with Gasteiger partial charge in [-0.25, -0.2) is 0 Å². The van der Waals surface area contributed by atoms with Gasteiger partial charge in [0.05, 0.1) is 5.60 Å². The molecule has 0 heterocycles. The molecule has 1 aromatic carbocycles. The molecule has 0 unspecified atom stereocenters. The van der Waals surface area contributed by atoms with Crippen LogP contribution in [0, 0.1) is 0 Å². The number of hydrogen-bond acceptors (Lipinski definition) is 3. The second-order valence-corrected chi connectivity index (χ2v) is 5.69. The van der Waals surface area contributed by atoms with Crippen LogP contribution >= 0.6 is 0 Å². The number of carbonyl (C=O) groups is 1. The minimum Gasteiger partial charge on any atom is -0.481 e. The van der Waals surface area contributed by atoms with Crippen molar-refractivity contribution in [3.8, 4) is 0 Å². The number of nitrogens with zero attached hydrogens (tertiary/aromatic N) is 1. The Kier molecular flexibility index (Phi) is 5.01. The number of carboxylic acid groups (broad SMARTS) is 1. The zero-order chi connectivity index (χ0) is 14.4. The highest BCUT2D eigenvalue weighted by atomic mass is 16.4. The van der Waals surface area contributed by atoms with Gasteiger partial charge in [0.2, 0.25) is 0 Å². The molecule has 1 aliphatic carbocycles. The first-order chi connectivity index (χ1) is 9.59. The summed E-state index contributed by atoms with van der Waals surface area (Å²) in [5, 5.41) is 19.3. The number of carboxylic acids is 1. The van der Waals surface area contributed by atoms with Crippen molar-refractivity contribution in [1.82, 2.24) is 0 Å². The van der Waals surface area contributed by atoms with Crippen LogP contribution in [0.4, 0.5) is 5.69 Å². The Morgan fingerprint density at radius 1 is 1.20 bits per heavy atom. The van der Waals surface area contributed by atoms with Gasteiger partial charge in [0.15, 0.2) is 0 Å². The first-order valence-corrected chi connectivity index (χ1v) is 7.33. The second-order valence-electron chi connectivity index (χ2n) is 5.69. The van der Waals surface area contributed by atoms with Crippen molar-refractivity contribution in [3.63, 3.8) is 0 Å². The van der Waals surface area contributed by atoms with Gasteiger partial charge in [-0.05, 0) is 31.4 Å². The van der Waals surface area contributed by atoms with Crippen LogP contribution in [0.3, 0.4) is 0 Å². The molecule has 1 fully saturated rings. The maximum Gasteiger partial charge on any atom is 0.303 e. The number of rotatable bonds is 7. The molecule has 0 bridgehead atoms. The van der Waals surface area contributed by atoms with Crippen molar-refractivity contribution in [2.45, 2.75) is 44.1 Å². The Morgan fingerprint density at radius 2 is 1.85 bits per heavy atom. The summed E-state index contributed by atoms with van der Waals surface area (Å²) in [5.41, 5.74) is 0.442. The largest absolute Gasteiger partial charge is 0.481 e. The van der Waals surface area contributed by atoms with E-state index >= 15 is 0 Å². The van der Waals surface area contributed by atoms with Crippen molar-refractivity contribution in [3.05, 3.63) is 30.3 Å². The molecule has 0 amide bonds. The van der Waals surface area contributed by atoms with Crippen molar-refractivity contribution in [2.24, 2.45) is 0 Å². The van der Waals surface area contributed by atoms with E-state index in [9.17, 15) is 9.90 Å². The number of aliphatic hydroxyl groups is 1. The zero-order valence-corrected chi connectivity index (χ0v) is 11.8. The fraction of sp³-hybridized carbons (Fsp3) is 0.562. The lowest BCUT2D eigenvalue weighted by Gasteiger charge is -2.33. The van der Waals surface area contributed by atoms with E-state index in [1.807, 2.05) is 30.3 Å². The minimum absolute atomic E-state index is 0.168. The van der Waals surface area contributed by atoms with Gasteiger partial charge in [0.1, 0.15) is 0 Å². The van der Waals surface area contributed by atoms with E-state index in [-0.39, 0.29) is 6.42 Å². The van der Waals surface area contributed by atoms with Crippen LogP contribution in [-0.2, 0) is 4.79 Å². The highest BCUT2D eigenvalue weighted by Gasteiger charge is 2.33. The summed E-state index contributed by atoms with van der Waals surface area (Å²) < 4.78 is 0. The number of benzene rings is 1. The molecule has 0 aromatic heterocycles. The van der Waals surface area contributed by atoms with Crippen molar-refractivity contribution in [2.75, 3.05) is 18.0 Å². The topological polar surface area (TPSA) is 60.8 Å². The minimum atomic E-state index is -0.766. The molecule has 4 heteroatoms. The van der Waals surface area contributed by atoms with Crippen molar-refractivity contribution in [1.29, 1.82) is 0 Å². The van der Waals surface area contributed by atoms with Gasteiger partial charge in [0, 0.05) is 25.2 Å². The summed E-state index contributed by atoms with van der Waals surface area (Å²) in [4.78, 5) is 12.8. The fourth-order valence-corrected chi connectivity index (χ4v) is 2.91. The molecule has 0 aliphatic heterocycles. The number of hydrogen-bond donors (Lipinski definition) is 2. The quantitative estimate of drug-likeness (QED) is 0.804. The molecular weight excluding hydrogens is 254 g/mol. The summed E-state index contributed by atoms with van der Waals surface area (Å²) in [6, 6.07) is 9.93. The third-order valence-corrected chi connectivity index (χ3v) is 3.96. The molecular formula is C16H23NO3. The third-order valence-electron chi connectivity index (χ3n) is 3.96. The summed E-state index contributed by atoms with van der Waals surface area (Å²) >= 11 is 0. The highest BCUT2D eigenvalue weighted by Crippen LogP contribution is 2.31. The molecule has 0 atom stereocenters. The smallest absolute Gasteiger partial charge is 0.303 e. The van der Waals surface area contributed by atoms with E-state index in [1.54, 1.807) is 0 Å². The van der Waals surface area contributed by atoms with E-state index in [0.717, 1.165) is 31.4 Å². The standard InChI is InChI=1S/C16H23NO3/c18-15(19)9-6-12-17(14-7-2-1-3-8-14)13-16(20)10-4-5-11-16/h1-3,7-8,20H,4-6,9-13H2,(H,18,19). The van der Waals surface area contributed by atoms with E-state index in [2.05, 4.69) is 4.90 Å². The van der Waals surface area contributed by atoms with Gasteiger partial charge in [-0.2, -0.15) is 0 Å². The third kappa shape index (κ3) is 4.23. The van der Waals surface area contributed by atoms with Crippen LogP contribution in [0.1, 0.15) is 38.5 Å². The van der Waals surface area contributed by atoms with Gasteiger partial charge in [-0.1, -0.05) is 31.0 Å². The summed E-state index contributed by atoms with van der Waals surface area (Å²) in [7, 11) is 0. The summed E-state index contributed by atoms with van der Waals surface area (Å²) in [5.74, 6) is -0.766. The van der Waals surface area contributed by atoms with E-state index in [1.165, 1.54) is 0 Å². The van der Waals surface area contributed by atoms with Crippen LogP contribution in [0.2, 0.25) is 0 Å². The normalized spacial score (nSPS) is 17.1. The maximum absolute atomic E-state index is 10.7. The molecule has 1 aromatic rings. The molecule has 1 saturated carbocycles. The van der Waals surface area contributed by atoms with Gasteiger partial charge < -0.3 is 15.1 Å². The Labute approximate surface area is 120 Å². The lowest BCUT2D eigenvalue weighted by molar-refractivity contribution is -0.137. The molecule has 0 spiro atoms. The van der Waals surface area contributed by atoms with Crippen LogP contribution in [-0.4, -0.2) is 34.9 Å². The Hall–Kier alpha value is -1.55. The summed E-state index contributed by atoms with van der Waals surface area (Å²) in [6.07, 6.45) is 4.61. The molecule has 110 valence electrons. The Morgan fingerprint density at radius 3 is 2.45 bits per heavy atom. The molecule has 2 N–H and O–H groups in total. The predicted octanol–water partition coefficient (Wildman–Crippen LogP) is 2.66. The maximum atomic E-state index is 10.7.